The average molecular weight is 214 g/mol. The second kappa shape index (κ2) is 4.81. The molecule has 0 unspecified atom stereocenters. The zero-order chi connectivity index (χ0) is 11.5. The largest absolute Gasteiger partial charge is 0.383 e. The Morgan fingerprint density at radius 2 is 1.87 bits per heavy atom. The maximum Gasteiger partial charge on any atom is 0.0589 e. The van der Waals surface area contributed by atoms with Crippen molar-refractivity contribution in [3.63, 3.8) is 0 Å². The van der Waals surface area contributed by atoms with Gasteiger partial charge in [0.05, 0.1) is 6.61 Å². The number of rotatable bonds is 3. The standard InChI is InChI=1S/C12H26N2O/c1-11(2)8-13-9-12(3,4)14(10-11)6-7-15-5/h13H,6-10H2,1-5H3. The van der Waals surface area contributed by atoms with E-state index in [0.29, 0.717) is 5.41 Å². The molecule has 3 heteroatoms. The molecule has 15 heavy (non-hydrogen) atoms. The highest BCUT2D eigenvalue weighted by Gasteiger charge is 2.34. The fourth-order valence-electron chi connectivity index (χ4n) is 2.19. The highest BCUT2D eigenvalue weighted by molar-refractivity contribution is 4.92. The molecule has 0 aromatic heterocycles. The van der Waals surface area contributed by atoms with Gasteiger partial charge in [-0.2, -0.15) is 0 Å². The third-order valence-electron chi connectivity index (χ3n) is 3.20. The number of hydrogen-bond donors (Lipinski definition) is 1. The zero-order valence-electron chi connectivity index (χ0n) is 10.9. The van der Waals surface area contributed by atoms with Gasteiger partial charge in [-0.1, -0.05) is 13.8 Å². The summed E-state index contributed by atoms with van der Waals surface area (Å²) in [6, 6.07) is 0. The van der Waals surface area contributed by atoms with Crippen LogP contribution in [0, 0.1) is 5.41 Å². The lowest BCUT2D eigenvalue weighted by Gasteiger charge is -2.39. The summed E-state index contributed by atoms with van der Waals surface area (Å²) in [7, 11) is 1.77. The van der Waals surface area contributed by atoms with Crippen molar-refractivity contribution in [2.45, 2.75) is 33.2 Å². The molecule has 3 nitrogen and oxygen atoms in total. The van der Waals surface area contributed by atoms with E-state index in [1.807, 2.05) is 0 Å². The summed E-state index contributed by atoms with van der Waals surface area (Å²) in [6.45, 7) is 14.4. The minimum absolute atomic E-state index is 0.228. The Morgan fingerprint density at radius 3 is 2.47 bits per heavy atom. The second-order valence-electron chi connectivity index (χ2n) is 5.99. The van der Waals surface area contributed by atoms with Gasteiger partial charge in [0.25, 0.3) is 0 Å². The van der Waals surface area contributed by atoms with Crippen LogP contribution in [0.5, 0.6) is 0 Å². The van der Waals surface area contributed by atoms with E-state index in [1.54, 1.807) is 7.11 Å². The fraction of sp³-hybridized carbons (Fsp3) is 1.00. The van der Waals surface area contributed by atoms with E-state index in [2.05, 4.69) is 37.9 Å². The summed E-state index contributed by atoms with van der Waals surface area (Å²) in [5.41, 5.74) is 0.577. The van der Waals surface area contributed by atoms with Crippen LogP contribution in [0.2, 0.25) is 0 Å². The topological polar surface area (TPSA) is 24.5 Å². The van der Waals surface area contributed by atoms with Gasteiger partial charge in [0.2, 0.25) is 0 Å². The molecule has 1 rings (SSSR count). The number of methoxy groups -OCH3 is 1. The lowest BCUT2D eigenvalue weighted by Crippen LogP contribution is -2.50. The predicted molar refractivity (Wildman–Crippen MR) is 64.2 cm³/mol. The molecule has 0 aromatic rings. The van der Waals surface area contributed by atoms with Crippen molar-refractivity contribution < 1.29 is 4.74 Å². The summed E-state index contributed by atoms with van der Waals surface area (Å²) in [4.78, 5) is 2.54. The minimum atomic E-state index is 0.228. The van der Waals surface area contributed by atoms with Gasteiger partial charge in [-0.3, -0.25) is 4.90 Å². The molecule has 0 aromatic carbocycles. The molecule has 1 aliphatic heterocycles. The van der Waals surface area contributed by atoms with Crippen LogP contribution in [-0.2, 0) is 4.74 Å². The SMILES string of the molecule is COCCN1CC(C)(C)CNCC1(C)C. The number of nitrogens with one attached hydrogen (secondary N) is 1. The highest BCUT2D eigenvalue weighted by atomic mass is 16.5. The van der Waals surface area contributed by atoms with Crippen molar-refractivity contribution in [2.24, 2.45) is 5.41 Å². The van der Waals surface area contributed by atoms with Crippen LogP contribution in [0.4, 0.5) is 0 Å². The molecule has 1 N–H and O–H groups in total. The van der Waals surface area contributed by atoms with Crippen molar-refractivity contribution in [3.8, 4) is 0 Å². The van der Waals surface area contributed by atoms with Gasteiger partial charge < -0.3 is 10.1 Å². The molecule has 0 atom stereocenters. The molecular formula is C12H26N2O. The van der Waals surface area contributed by atoms with Crippen LogP contribution in [0.3, 0.4) is 0 Å². The van der Waals surface area contributed by atoms with Crippen LogP contribution < -0.4 is 5.32 Å². The smallest absolute Gasteiger partial charge is 0.0589 e. The van der Waals surface area contributed by atoms with Gasteiger partial charge >= 0.3 is 0 Å². The normalized spacial score (nSPS) is 26.2. The van der Waals surface area contributed by atoms with E-state index in [1.165, 1.54) is 0 Å². The van der Waals surface area contributed by atoms with Gasteiger partial charge in [0.15, 0.2) is 0 Å². The number of hydrogen-bond acceptors (Lipinski definition) is 3. The monoisotopic (exact) mass is 214 g/mol. The van der Waals surface area contributed by atoms with E-state index >= 15 is 0 Å². The second-order valence-corrected chi connectivity index (χ2v) is 5.99. The maximum absolute atomic E-state index is 5.18. The fourth-order valence-corrected chi connectivity index (χ4v) is 2.19. The molecule has 1 saturated heterocycles. The van der Waals surface area contributed by atoms with E-state index in [9.17, 15) is 0 Å². The molecule has 0 saturated carbocycles. The first-order valence-corrected chi connectivity index (χ1v) is 5.82. The van der Waals surface area contributed by atoms with Gasteiger partial charge in [0.1, 0.15) is 0 Å². The van der Waals surface area contributed by atoms with Crippen LogP contribution in [0.1, 0.15) is 27.7 Å². The molecule has 1 heterocycles. The summed E-state index contributed by atoms with van der Waals surface area (Å²) >= 11 is 0. The van der Waals surface area contributed by atoms with E-state index in [0.717, 1.165) is 32.8 Å². The van der Waals surface area contributed by atoms with Gasteiger partial charge in [0, 0.05) is 38.8 Å². The van der Waals surface area contributed by atoms with Crippen molar-refractivity contribution in [2.75, 3.05) is 39.9 Å². The van der Waals surface area contributed by atoms with Crippen molar-refractivity contribution in [1.82, 2.24) is 10.2 Å². The van der Waals surface area contributed by atoms with Crippen LogP contribution in [0.15, 0.2) is 0 Å². The van der Waals surface area contributed by atoms with Crippen molar-refractivity contribution in [1.29, 1.82) is 0 Å². The van der Waals surface area contributed by atoms with Crippen molar-refractivity contribution in [3.05, 3.63) is 0 Å². The van der Waals surface area contributed by atoms with Crippen LogP contribution in [0.25, 0.3) is 0 Å². The maximum atomic E-state index is 5.18. The lowest BCUT2D eigenvalue weighted by molar-refractivity contribution is 0.0644. The first kappa shape index (κ1) is 12.9. The van der Waals surface area contributed by atoms with E-state index in [4.69, 9.17) is 4.74 Å². The summed E-state index contributed by atoms with van der Waals surface area (Å²) in [6.07, 6.45) is 0. The highest BCUT2D eigenvalue weighted by Crippen LogP contribution is 2.25. The Morgan fingerprint density at radius 1 is 1.20 bits per heavy atom. The Kier molecular flexibility index (Phi) is 4.15. The summed E-state index contributed by atoms with van der Waals surface area (Å²) in [5, 5.41) is 3.55. The van der Waals surface area contributed by atoms with Gasteiger partial charge in [-0.05, 0) is 19.3 Å². The first-order valence-electron chi connectivity index (χ1n) is 5.82. The molecule has 0 bridgehead atoms. The van der Waals surface area contributed by atoms with Crippen molar-refractivity contribution >= 4 is 0 Å². The van der Waals surface area contributed by atoms with E-state index < -0.39 is 0 Å². The molecule has 0 amide bonds. The Bertz CT molecular complexity index is 202. The number of nitrogens with zero attached hydrogens (tertiary/aromatic N) is 1. The third-order valence-corrected chi connectivity index (χ3v) is 3.20. The molecule has 1 fully saturated rings. The lowest BCUT2D eigenvalue weighted by atomic mass is 9.92. The summed E-state index contributed by atoms with van der Waals surface area (Å²) in [5.74, 6) is 0. The molecule has 90 valence electrons. The zero-order valence-corrected chi connectivity index (χ0v) is 10.9. The average Bonchev–Trinajstić information content (AvgIpc) is 2.19. The molecule has 1 aliphatic rings. The van der Waals surface area contributed by atoms with Crippen LogP contribution >= 0.6 is 0 Å². The molecule has 0 radical (unpaired) electrons. The first-order chi connectivity index (χ1) is 6.87. The third kappa shape index (κ3) is 3.74. The van der Waals surface area contributed by atoms with Gasteiger partial charge in [-0.25, -0.2) is 0 Å². The Hall–Kier alpha value is -0.120. The predicted octanol–water partition coefficient (Wildman–Crippen LogP) is 1.34. The van der Waals surface area contributed by atoms with E-state index in [-0.39, 0.29) is 5.54 Å². The molecular weight excluding hydrogens is 188 g/mol. The number of ether oxygens (including phenoxy) is 1. The Balaban J connectivity index is 2.67. The van der Waals surface area contributed by atoms with Gasteiger partial charge in [-0.15, -0.1) is 0 Å². The summed E-state index contributed by atoms with van der Waals surface area (Å²) < 4.78 is 5.18. The minimum Gasteiger partial charge on any atom is -0.383 e. The molecule has 0 spiro atoms. The Labute approximate surface area is 94.2 Å². The quantitative estimate of drug-likeness (QED) is 0.767. The van der Waals surface area contributed by atoms with Crippen LogP contribution in [-0.4, -0.2) is 50.3 Å². The molecule has 0 aliphatic carbocycles.